The van der Waals surface area contributed by atoms with Crippen LogP contribution in [0.3, 0.4) is 0 Å². The monoisotopic (exact) mass is 360 g/mol. The maximum absolute atomic E-state index is 12.3. The van der Waals surface area contributed by atoms with Gasteiger partial charge in [-0.05, 0) is 48.3 Å². The molecule has 0 bridgehead atoms. The Morgan fingerprint density at radius 1 is 1.50 bits per heavy atom. The van der Waals surface area contributed by atoms with Gasteiger partial charge in [0.1, 0.15) is 22.0 Å². The third kappa shape index (κ3) is 2.89. The number of H-pyrrole nitrogens is 1. The lowest BCUT2D eigenvalue weighted by molar-refractivity contribution is 0.0468. The highest BCUT2D eigenvalue weighted by molar-refractivity contribution is 7.17. The Balaban J connectivity index is 1.49. The predicted molar refractivity (Wildman–Crippen MR) is 94.9 cm³/mol. The van der Waals surface area contributed by atoms with Gasteiger partial charge in [0.15, 0.2) is 0 Å². The van der Waals surface area contributed by atoms with Crippen LogP contribution in [-0.4, -0.2) is 15.9 Å². The number of thiophene rings is 2. The van der Waals surface area contributed by atoms with E-state index in [-0.39, 0.29) is 18.1 Å². The molecule has 0 saturated carbocycles. The Bertz CT molecular complexity index is 970. The van der Waals surface area contributed by atoms with E-state index in [1.165, 1.54) is 39.5 Å². The zero-order valence-corrected chi connectivity index (χ0v) is 14.8. The van der Waals surface area contributed by atoms with Crippen LogP contribution in [0.15, 0.2) is 22.3 Å². The molecule has 3 heterocycles. The minimum atomic E-state index is -0.352. The number of aromatic nitrogens is 2. The number of fused-ring (bicyclic) bond motifs is 2. The van der Waals surface area contributed by atoms with Crippen LogP contribution in [0.25, 0.3) is 10.2 Å². The summed E-state index contributed by atoms with van der Waals surface area (Å²) in [6, 6.07) is 3.74. The van der Waals surface area contributed by atoms with E-state index in [4.69, 9.17) is 4.74 Å². The topological polar surface area (TPSA) is 72.0 Å². The molecule has 0 spiro atoms. The summed E-state index contributed by atoms with van der Waals surface area (Å²) in [7, 11) is 0. The average molecular weight is 360 g/mol. The second kappa shape index (κ2) is 6.14. The molecule has 1 aliphatic carbocycles. The van der Waals surface area contributed by atoms with Gasteiger partial charge in [-0.15, -0.1) is 22.7 Å². The highest BCUT2D eigenvalue weighted by Gasteiger charge is 2.21. The Morgan fingerprint density at radius 3 is 3.25 bits per heavy atom. The Labute approximate surface area is 146 Å². The summed E-state index contributed by atoms with van der Waals surface area (Å²) in [5, 5.41) is 1.82. The number of ether oxygens (including phenoxy) is 1. The van der Waals surface area contributed by atoms with Crippen LogP contribution in [0.5, 0.6) is 0 Å². The summed E-state index contributed by atoms with van der Waals surface area (Å²) in [6.45, 7) is 2.21. The molecular formula is C17H16N2O3S2. The van der Waals surface area contributed by atoms with E-state index < -0.39 is 0 Å². The number of nitrogens with zero attached hydrogens (tertiary/aromatic N) is 1. The van der Waals surface area contributed by atoms with Gasteiger partial charge in [0.25, 0.3) is 5.56 Å². The Kier molecular flexibility index (Phi) is 3.97. The first-order valence-corrected chi connectivity index (χ1v) is 9.55. The van der Waals surface area contributed by atoms with Gasteiger partial charge >= 0.3 is 5.97 Å². The van der Waals surface area contributed by atoms with Crippen molar-refractivity contribution < 1.29 is 9.53 Å². The van der Waals surface area contributed by atoms with Crippen LogP contribution in [0.1, 0.15) is 39.3 Å². The van der Waals surface area contributed by atoms with E-state index in [9.17, 15) is 9.59 Å². The van der Waals surface area contributed by atoms with Crippen LogP contribution in [-0.2, 0) is 24.2 Å². The largest absolute Gasteiger partial charge is 0.453 e. The number of esters is 1. The van der Waals surface area contributed by atoms with Crippen LogP contribution in [0.4, 0.5) is 0 Å². The summed E-state index contributed by atoms with van der Waals surface area (Å²) < 4.78 is 5.93. The number of carbonyl (C=O) groups excluding carboxylic acids is 1. The average Bonchev–Trinajstić information content (AvgIpc) is 3.18. The first-order valence-electron chi connectivity index (χ1n) is 7.85. The summed E-state index contributed by atoms with van der Waals surface area (Å²) in [4.78, 5) is 33.1. The fourth-order valence-corrected chi connectivity index (χ4v) is 4.83. The molecular weight excluding hydrogens is 344 g/mol. The molecule has 0 aromatic carbocycles. The van der Waals surface area contributed by atoms with Crippen molar-refractivity contribution in [2.24, 2.45) is 5.92 Å². The quantitative estimate of drug-likeness (QED) is 0.725. The number of rotatable bonds is 3. The molecule has 0 saturated heterocycles. The van der Waals surface area contributed by atoms with E-state index in [1.807, 2.05) is 11.4 Å². The molecule has 24 heavy (non-hydrogen) atoms. The lowest BCUT2D eigenvalue weighted by Gasteiger charge is -2.16. The molecule has 0 aliphatic heterocycles. The minimum absolute atomic E-state index is 0.0289. The molecule has 1 N–H and O–H groups in total. The number of nitrogens with one attached hydrogen (secondary N) is 1. The highest BCUT2D eigenvalue weighted by atomic mass is 32.1. The summed E-state index contributed by atoms with van der Waals surface area (Å²) in [5.74, 6) is 0.687. The molecule has 124 valence electrons. The molecule has 1 atom stereocenters. The number of aryl methyl sites for hydroxylation is 1. The standard InChI is InChI=1S/C17H16N2O3S2/c1-9-2-3-12-10(6-9)7-13(24-12)17(21)22-8-14-18-11-4-5-23-15(11)16(20)19-14/h4-5,7,9H,2-3,6,8H2,1H3,(H,18,19,20)/t9-/m0/s1. The Morgan fingerprint density at radius 2 is 2.38 bits per heavy atom. The second-order valence-electron chi connectivity index (χ2n) is 6.13. The molecule has 0 amide bonds. The van der Waals surface area contributed by atoms with Crippen LogP contribution < -0.4 is 5.56 Å². The summed E-state index contributed by atoms with van der Waals surface area (Å²) >= 11 is 2.87. The minimum Gasteiger partial charge on any atom is -0.453 e. The lowest BCUT2D eigenvalue weighted by atomic mass is 9.90. The highest BCUT2D eigenvalue weighted by Crippen LogP contribution is 2.32. The number of carbonyl (C=O) groups is 1. The molecule has 5 nitrogen and oxygen atoms in total. The smallest absolute Gasteiger partial charge is 0.348 e. The second-order valence-corrected chi connectivity index (χ2v) is 8.18. The third-order valence-electron chi connectivity index (χ3n) is 4.23. The predicted octanol–water partition coefficient (Wildman–Crippen LogP) is 3.53. The van der Waals surface area contributed by atoms with Crippen molar-refractivity contribution >= 4 is 38.9 Å². The van der Waals surface area contributed by atoms with Crippen molar-refractivity contribution in [1.82, 2.24) is 9.97 Å². The zero-order chi connectivity index (χ0) is 16.7. The van der Waals surface area contributed by atoms with Gasteiger partial charge in [-0.25, -0.2) is 9.78 Å². The van der Waals surface area contributed by atoms with Gasteiger partial charge < -0.3 is 9.72 Å². The van der Waals surface area contributed by atoms with E-state index in [0.717, 1.165) is 12.8 Å². The van der Waals surface area contributed by atoms with E-state index in [1.54, 1.807) is 6.07 Å². The lowest BCUT2D eigenvalue weighted by Crippen LogP contribution is -2.13. The van der Waals surface area contributed by atoms with Crippen LogP contribution in [0.2, 0.25) is 0 Å². The SMILES string of the molecule is C[C@H]1CCc2sc(C(=O)OCc3nc4ccsc4c(=O)[nH]3)cc2C1. The van der Waals surface area contributed by atoms with Gasteiger partial charge in [0.2, 0.25) is 0 Å². The maximum Gasteiger partial charge on any atom is 0.348 e. The van der Waals surface area contributed by atoms with Crippen LogP contribution in [0, 0.1) is 5.92 Å². The molecule has 0 radical (unpaired) electrons. The fraction of sp³-hybridized carbons (Fsp3) is 0.353. The van der Waals surface area contributed by atoms with Crippen molar-refractivity contribution in [2.75, 3.05) is 0 Å². The van der Waals surface area contributed by atoms with E-state index in [2.05, 4.69) is 16.9 Å². The molecule has 0 unspecified atom stereocenters. The normalized spacial score (nSPS) is 17.0. The van der Waals surface area contributed by atoms with Crippen molar-refractivity contribution in [1.29, 1.82) is 0 Å². The van der Waals surface area contributed by atoms with Gasteiger partial charge in [0.05, 0.1) is 5.52 Å². The molecule has 3 aromatic rings. The van der Waals surface area contributed by atoms with Gasteiger partial charge in [0, 0.05) is 4.88 Å². The van der Waals surface area contributed by atoms with Gasteiger partial charge in [-0.3, -0.25) is 4.79 Å². The fourth-order valence-electron chi connectivity index (χ4n) is 3.00. The third-order valence-corrected chi connectivity index (χ3v) is 6.35. The summed E-state index contributed by atoms with van der Waals surface area (Å²) in [6.07, 6.45) is 3.24. The first-order chi connectivity index (χ1) is 11.6. The first kappa shape index (κ1) is 15.5. The van der Waals surface area contributed by atoms with Crippen molar-refractivity contribution in [3.8, 4) is 0 Å². The number of hydrogen-bond donors (Lipinski definition) is 1. The maximum atomic E-state index is 12.3. The molecule has 3 aromatic heterocycles. The molecule has 0 fully saturated rings. The van der Waals surface area contributed by atoms with Crippen molar-refractivity contribution in [2.45, 2.75) is 32.8 Å². The zero-order valence-electron chi connectivity index (χ0n) is 13.1. The number of aromatic amines is 1. The van der Waals surface area contributed by atoms with Gasteiger partial charge in [-0.2, -0.15) is 0 Å². The molecule has 7 heteroatoms. The van der Waals surface area contributed by atoms with Crippen molar-refractivity contribution in [3.63, 3.8) is 0 Å². The van der Waals surface area contributed by atoms with E-state index in [0.29, 0.717) is 26.8 Å². The van der Waals surface area contributed by atoms with Crippen molar-refractivity contribution in [3.05, 3.63) is 49.0 Å². The Hall–Kier alpha value is -1.99. The molecule has 4 rings (SSSR count). The summed E-state index contributed by atoms with van der Waals surface area (Å²) in [5.41, 5.74) is 1.72. The van der Waals surface area contributed by atoms with Gasteiger partial charge in [-0.1, -0.05) is 6.92 Å². The van der Waals surface area contributed by atoms with Crippen LogP contribution >= 0.6 is 22.7 Å². The molecule has 1 aliphatic rings. The number of hydrogen-bond acceptors (Lipinski definition) is 6. The van der Waals surface area contributed by atoms with E-state index >= 15 is 0 Å².